The molecule has 1 atom stereocenters. The van der Waals surface area contributed by atoms with Gasteiger partial charge in [0.15, 0.2) is 0 Å². The van der Waals surface area contributed by atoms with Crippen molar-refractivity contribution in [2.24, 2.45) is 0 Å². The minimum absolute atomic E-state index is 0.506. The van der Waals surface area contributed by atoms with Gasteiger partial charge in [0, 0.05) is 30.4 Å². The predicted octanol–water partition coefficient (Wildman–Crippen LogP) is 2.62. The van der Waals surface area contributed by atoms with Gasteiger partial charge in [-0.2, -0.15) is 0 Å². The number of halogens is 1. The number of hydrogen-bond donors (Lipinski definition) is 2. The van der Waals surface area contributed by atoms with Gasteiger partial charge in [0.25, 0.3) is 0 Å². The maximum Gasteiger partial charge on any atom is 0.101 e. The van der Waals surface area contributed by atoms with Gasteiger partial charge >= 0.3 is 0 Å². The number of aliphatic hydroxyl groups excluding tert-OH is 1. The third-order valence-electron chi connectivity index (χ3n) is 2.31. The molecule has 0 aliphatic heterocycles. The molecule has 3 nitrogen and oxygen atoms in total. The average Bonchev–Trinajstić information content (AvgIpc) is 2.77. The Bertz CT molecular complexity index is 461. The Labute approximate surface area is 109 Å². The van der Waals surface area contributed by atoms with E-state index in [1.165, 1.54) is 11.3 Å². The molecule has 0 aromatic carbocycles. The van der Waals surface area contributed by atoms with Crippen molar-refractivity contribution in [3.8, 4) is 0 Å². The molecule has 5 heteroatoms. The second kappa shape index (κ2) is 6.12. The summed E-state index contributed by atoms with van der Waals surface area (Å²) in [4.78, 5) is 4.91. The molecule has 0 amide bonds. The highest BCUT2D eigenvalue weighted by Crippen LogP contribution is 2.26. The van der Waals surface area contributed by atoms with Crippen molar-refractivity contribution in [2.45, 2.75) is 12.6 Å². The quantitative estimate of drug-likeness (QED) is 0.876. The molecule has 17 heavy (non-hydrogen) atoms. The van der Waals surface area contributed by atoms with Crippen molar-refractivity contribution < 1.29 is 5.11 Å². The van der Waals surface area contributed by atoms with Crippen molar-refractivity contribution in [3.05, 3.63) is 51.4 Å². The first-order valence-corrected chi connectivity index (χ1v) is 6.48. The maximum absolute atomic E-state index is 9.89. The van der Waals surface area contributed by atoms with Gasteiger partial charge in [-0.3, -0.25) is 4.98 Å². The van der Waals surface area contributed by atoms with Crippen LogP contribution in [0.15, 0.2) is 36.7 Å². The van der Waals surface area contributed by atoms with Crippen LogP contribution in [0.5, 0.6) is 0 Å². The number of hydrogen-bond acceptors (Lipinski definition) is 4. The van der Waals surface area contributed by atoms with Crippen LogP contribution in [0.25, 0.3) is 0 Å². The summed E-state index contributed by atoms with van der Waals surface area (Å²) in [6.45, 7) is 1.20. The predicted molar refractivity (Wildman–Crippen MR) is 70.2 cm³/mol. The topological polar surface area (TPSA) is 45.1 Å². The highest BCUT2D eigenvalue weighted by Gasteiger charge is 2.09. The number of pyridine rings is 1. The van der Waals surface area contributed by atoms with E-state index < -0.39 is 6.10 Å². The van der Waals surface area contributed by atoms with Gasteiger partial charge in [0.05, 0.1) is 4.34 Å². The largest absolute Gasteiger partial charge is 0.386 e. The molecule has 0 radical (unpaired) electrons. The Hall–Kier alpha value is -0.940. The zero-order chi connectivity index (χ0) is 12.1. The Morgan fingerprint density at radius 2 is 2.29 bits per heavy atom. The second-order valence-corrected chi connectivity index (χ2v) is 5.40. The number of nitrogens with zero attached hydrogens (tertiary/aromatic N) is 1. The molecule has 2 heterocycles. The monoisotopic (exact) mass is 268 g/mol. The van der Waals surface area contributed by atoms with Gasteiger partial charge in [-0.25, -0.2) is 0 Å². The van der Waals surface area contributed by atoms with E-state index in [2.05, 4.69) is 10.3 Å². The number of rotatable bonds is 5. The van der Waals surface area contributed by atoms with Gasteiger partial charge in [0.2, 0.25) is 0 Å². The normalized spacial score (nSPS) is 12.6. The first kappa shape index (κ1) is 12.5. The Morgan fingerprint density at radius 1 is 1.41 bits per heavy atom. The number of thiophene rings is 1. The van der Waals surface area contributed by atoms with E-state index in [4.69, 9.17) is 11.6 Å². The lowest BCUT2D eigenvalue weighted by molar-refractivity contribution is 0.178. The van der Waals surface area contributed by atoms with Gasteiger partial charge in [-0.15, -0.1) is 11.3 Å². The van der Waals surface area contributed by atoms with Crippen molar-refractivity contribution >= 4 is 22.9 Å². The van der Waals surface area contributed by atoms with Gasteiger partial charge < -0.3 is 10.4 Å². The standard InChI is InChI=1S/C12H13ClN2OS/c13-12-4-3-11(17-12)10(16)8-15-7-9-2-1-5-14-6-9/h1-6,10,15-16H,7-8H2. The third-order valence-corrected chi connectivity index (χ3v) is 3.64. The molecule has 0 spiro atoms. The molecule has 2 aromatic heterocycles. The first-order valence-electron chi connectivity index (χ1n) is 5.28. The first-order chi connectivity index (χ1) is 8.25. The van der Waals surface area contributed by atoms with E-state index in [9.17, 15) is 5.11 Å². The van der Waals surface area contributed by atoms with Crippen LogP contribution < -0.4 is 5.32 Å². The van der Waals surface area contributed by atoms with Crippen LogP contribution in [0.3, 0.4) is 0 Å². The molecule has 0 bridgehead atoms. The molecule has 2 rings (SSSR count). The summed E-state index contributed by atoms with van der Waals surface area (Å²) in [6, 6.07) is 7.54. The molecule has 0 fully saturated rings. The molecular formula is C12H13ClN2OS. The smallest absolute Gasteiger partial charge is 0.101 e. The molecule has 0 saturated heterocycles. The van der Waals surface area contributed by atoms with E-state index in [-0.39, 0.29) is 0 Å². The van der Waals surface area contributed by atoms with Crippen LogP contribution in [-0.4, -0.2) is 16.6 Å². The molecule has 0 aliphatic carbocycles. The van der Waals surface area contributed by atoms with Crippen molar-refractivity contribution in [3.63, 3.8) is 0 Å². The Morgan fingerprint density at radius 3 is 2.94 bits per heavy atom. The zero-order valence-electron chi connectivity index (χ0n) is 9.14. The van der Waals surface area contributed by atoms with Crippen molar-refractivity contribution in [1.29, 1.82) is 0 Å². The van der Waals surface area contributed by atoms with Gasteiger partial charge in [-0.1, -0.05) is 17.7 Å². The minimum atomic E-state index is -0.510. The highest BCUT2D eigenvalue weighted by molar-refractivity contribution is 7.16. The summed E-state index contributed by atoms with van der Waals surface area (Å²) < 4.78 is 0.700. The highest BCUT2D eigenvalue weighted by atomic mass is 35.5. The average molecular weight is 269 g/mol. The molecular weight excluding hydrogens is 256 g/mol. The van der Waals surface area contributed by atoms with Crippen LogP contribution >= 0.6 is 22.9 Å². The van der Waals surface area contributed by atoms with Gasteiger partial charge in [-0.05, 0) is 23.8 Å². The maximum atomic E-state index is 9.89. The van der Waals surface area contributed by atoms with Crippen molar-refractivity contribution in [1.82, 2.24) is 10.3 Å². The lowest BCUT2D eigenvalue weighted by Crippen LogP contribution is -2.20. The molecule has 0 aliphatic rings. The SMILES string of the molecule is OC(CNCc1cccnc1)c1ccc(Cl)s1. The van der Waals surface area contributed by atoms with E-state index in [0.29, 0.717) is 17.4 Å². The summed E-state index contributed by atoms with van der Waals surface area (Å²) in [6.07, 6.45) is 3.04. The molecule has 1 unspecified atom stereocenters. The summed E-state index contributed by atoms with van der Waals surface area (Å²) in [5.41, 5.74) is 1.10. The second-order valence-electron chi connectivity index (χ2n) is 3.65. The fourth-order valence-corrected chi connectivity index (χ4v) is 2.51. The van der Waals surface area contributed by atoms with Crippen LogP contribution in [0.2, 0.25) is 4.34 Å². The number of aliphatic hydroxyl groups is 1. The lowest BCUT2D eigenvalue weighted by atomic mass is 10.2. The summed E-state index contributed by atoms with van der Waals surface area (Å²) in [5.74, 6) is 0. The van der Waals surface area contributed by atoms with Gasteiger partial charge in [0.1, 0.15) is 6.10 Å². The molecule has 0 saturated carbocycles. The number of nitrogens with one attached hydrogen (secondary N) is 1. The van der Waals surface area contributed by atoms with Crippen LogP contribution in [0.4, 0.5) is 0 Å². The Balaban J connectivity index is 1.79. The number of aromatic nitrogens is 1. The fourth-order valence-electron chi connectivity index (χ4n) is 1.46. The molecule has 90 valence electrons. The third kappa shape index (κ3) is 3.78. The van der Waals surface area contributed by atoms with Crippen molar-refractivity contribution in [2.75, 3.05) is 6.54 Å². The van der Waals surface area contributed by atoms with Crippen LogP contribution in [-0.2, 0) is 6.54 Å². The summed E-state index contributed by atoms with van der Waals surface area (Å²) >= 11 is 7.22. The van der Waals surface area contributed by atoms with E-state index in [1.54, 1.807) is 18.5 Å². The minimum Gasteiger partial charge on any atom is -0.386 e. The Kier molecular flexibility index (Phi) is 4.50. The zero-order valence-corrected chi connectivity index (χ0v) is 10.7. The van der Waals surface area contributed by atoms with Crippen LogP contribution in [0.1, 0.15) is 16.5 Å². The molecule has 2 N–H and O–H groups in total. The van der Waals surface area contributed by atoms with Crippen LogP contribution in [0, 0.1) is 0 Å². The lowest BCUT2D eigenvalue weighted by Gasteiger charge is -2.09. The summed E-state index contributed by atoms with van der Waals surface area (Å²) in [5, 5.41) is 13.1. The fraction of sp³-hybridized carbons (Fsp3) is 0.250. The van der Waals surface area contributed by atoms with E-state index >= 15 is 0 Å². The van der Waals surface area contributed by atoms with E-state index in [0.717, 1.165) is 10.4 Å². The summed E-state index contributed by atoms with van der Waals surface area (Å²) in [7, 11) is 0. The van der Waals surface area contributed by atoms with E-state index in [1.807, 2.05) is 18.2 Å². The molecule has 2 aromatic rings.